The molecule has 0 saturated carbocycles. The van der Waals surface area contributed by atoms with Gasteiger partial charge in [0.05, 0.1) is 6.04 Å². The highest BCUT2D eigenvalue weighted by Gasteiger charge is 2.19. The van der Waals surface area contributed by atoms with E-state index >= 15 is 0 Å². The number of carbonyl (C=O) groups excluding carboxylic acids is 1. The van der Waals surface area contributed by atoms with Gasteiger partial charge in [0.2, 0.25) is 5.91 Å². The molecule has 0 aliphatic heterocycles. The molecule has 0 aromatic carbocycles. The van der Waals surface area contributed by atoms with Crippen molar-refractivity contribution in [2.75, 3.05) is 6.54 Å². The maximum atomic E-state index is 11.8. The molecule has 0 aliphatic carbocycles. The average molecular weight is 242 g/mol. The Hall–Kier alpha value is -0.570. The normalized spacial score (nSPS) is 16.3. The molecule has 0 fully saturated rings. The maximum absolute atomic E-state index is 11.8. The average Bonchev–Trinajstić information content (AvgIpc) is 2.36. The van der Waals surface area contributed by atoms with Gasteiger partial charge in [-0.05, 0) is 18.3 Å². The van der Waals surface area contributed by atoms with Gasteiger partial charge in [0.1, 0.15) is 0 Å². The lowest BCUT2D eigenvalue weighted by Crippen LogP contribution is -2.45. The molecule has 0 spiro atoms. The summed E-state index contributed by atoms with van der Waals surface area (Å²) >= 11 is 0. The van der Waals surface area contributed by atoms with Crippen molar-refractivity contribution in [3.05, 3.63) is 0 Å². The summed E-state index contributed by atoms with van der Waals surface area (Å²) in [4.78, 5) is 11.8. The predicted octanol–water partition coefficient (Wildman–Crippen LogP) is 2.69. The molecule has 102 valence electrons. The van der Waals surface area contributed by atoms with E-state index in [9.17, 15) is 4.79 Å². The van der Waals surface area contributed by atoms with Crippen molar-refractivity contribution < 1.29 is 4.79 Å². The van der Waals surface area contributed by atoms with Crippen molar-refractivity contribution in [3.63, 3.8) is 0 Å². The second-order valence-corrected chi connectivity index (χ2v) is 5.07. The van der Waals surface area contributed by atoms with Crippen LogP contribution >= 0.6 is 0 Å². The van der Waals surface area contributed by atoms with Crippen LogP contribution in [0.3, 0.4) is 0 Å². The number of unbranched alkanes of at least 4 members (excludes halogenated alkanes) is 1. The highest BCUT2D eigenvalue weighted by atomic mass is 16.2. The molecule has 0 rings (SSSR count). The molecule has 0 heterocycles. The molecular weight excluding hydrogens is 212 g/mol. The molecule has 1 amide bonds. The van der Waals surface area contributed by atoms with E-state index in [1.807, 2.05) is 6.92 Å². The summed E-state index contributed by atoms with van der Waals surface area (Å²) in [6.45, 7) is 9.25. The van der Waals surface area contributed by atoms with E-state index in [1.54, 1.807) is 0 Å². The summed E-state index contributed by atoms with van der Waals surface area (Å²) in [7, 11) is 0. The van der Waals surface area contributed by atoms with E-state index in [1.165, 1.54) is 19.3 Å². The molecule has 2 unspecified atom stereocenters. The minimum atomic E-state index is -0.358. The van der Waals surface area contributed by atoms with Crippen LogP contribution in [-0.2, 0) is 4.79 Å². The molecule has 3 N–H and O–H groups in total. The first-order valence-electron chi connectivity index (χ1n) is 7.09. The molecule has 3 nitrogen and oxygen atoms in total. The maximum Gasteiger partial charge on any atom is 0.237 e. The van der Waals surface area contributed by atoms with Gasteiger partial charge < -0.3 is 11.1 Å². The van der Waals surface area contributed by atoms with Crippen molar-refractivity contribution in [3.8, 4) is 0 Å². The Bertz CT molecular complexity index is 206. The van der Waals surface area contributed by atoms with Crippen molar-refractivity contribution in [2.24, 2.45) is 17.6 Å². The van der Waals surface area contributed by atoms with Crippen LogP contribution in [0.5, 0.6) is 0 Å². The van der Waals surface area contributed by atoms with Gasteiger partial charge in [-0.15, -0.1) is 0 Å². The van der Waals surface area contributed by atoms with Gasteiger partial charge >= 0.3 is 0 Å². The third kappa shape index (κ3) is 6.67. The van der Waals surface area contributed by atoms with Crippen LogP contribution in [0.1, 0.15) is 59.8 Å². The number of hydrogen-bond donors (Lipinski definition) is 2. The van der Waals surface area contributed by atoms with Crippen LogP contribution in [0.25, 0.3) is 0 Å². The number of nitrogens with two attached hydrogens (primary N) is 1. The molecule has 3 atom stereocenters. The van der Waals surface area contributed by atoms with Crippen molar-refractivity contribution in [1.29, 1.82) is 0 Å². The number of carbonyl (C=O) groups is 1. The molecule has 0 bridgehead atoms. The zero-order valence-corrected chi connectivity index (χ0v) is 12.0. The molecular formula is C14H30N2O. The summed E-state index contributed by atoms with van der Waals surface area (Å²) < 4.78 is 0. The fraction of sp³-hybridized carbons (Fsp3) is 0.929. The zero-order chi connectivity index (χ0) is 13.3. The lowest BCUT2D eigenvalue weighted by molar-refractivity contribution is -0.123. The Kier molecular flexibility index (Phi) is 9.14. The Labute approximate surface area is 107 Å². The van der Waals surface area contributed by atoms with Crippen molar-refractivity contribution in [2.45, 2.75) is 65.8 Å². The molecule has 3 heteroatoms. The number of amides is 1. The van der Waals surface area contributed by atoms with E-state index in [0.29, 0.717) is 5.92 Å². The smallest absolute Gasteiger partial charge is 0.237 e. The Morgan fingerprint density at radius 2 is 1.88 bits per heavy atom. The second-order valence-electron chi connectivity index (χ2n) is 5.07. The van der Waals surface area contributed by atoms with E-state index in [0.717, 1.165) is 19.4 Å². The van der Waals surface area contributed by atoms with Gasteiger partial charge in [0, 0.05) is 6.54 Å². The molecule has 0 radical (unpaired) electrons. The molecule has 0 saturated heterocycles. The Morgan fingerprint density at radius 3 is 2.35 bits per heavy atom. The van der Waals surface area contributed by atoms with Gasteiger partial charge in [-0.2, -0.15) is 0 Å². The van der Waals surface area contributed by atoms with Gasteiger partial charge in [-0.25, -0.2) is 0 Å². The molecule has 0 aromatic heterocycles. The van der Waals surface area contributed by atoms with Crippen LogP contribution in [-0.4, -0.2) is 18.5 Å². The van der Waals surface area contributed by atoms with Crippen molar-refractivity contribution in [1.82, 2.24) is 5.32 Å². The predicted molar refractivity (Wildman–Crippen MR) is 73.7 cm³/mol. The first-order valence-corrected chi connectivity index (χ1v) is 7.09. The Balaban J connectivity index is 3.95. The lowest BCUT2D eigenvalue weighted by Gasteiger charge is -2.20. The monoisotopic (exact) mass is 242 g/mol. The number of rotatable bonds is 9. The molecule has 0 aliphatic rings. The lowest BCUT2D eigenvalue weighted by atomic mass is 9.97. The van der Waals surface area contributed by atoms with Gasteiger partial charge in [0.25, 0.3) is 0 Å². The summed E-state index contributed by atoms with van der Waals surface area (Å²) in [5, 5.41) is 2.99. The van der Waals surface area contributed by atoms with Crippen LogP contribution < -0.4 is 11.1 Å². The highest BCUT2D eigenvalue weighted by Crippen LogP contribution is 2.11. The highest BCUT2D eigenvalue weighted by molar-refractivity contribution is 5.81. The number of nitrogens with one attached hydrogen (secondary N) is 1. The summed E-state index contributed by atoms with van der Waals surface area (Å²) in [5.74, 6) is 0.864. The van der Waals surface area contributed by atoms with Crippen LogP contribution in [0.2, 0.25) is 0 Å². The fourth-order valence-corrected chi connectivity index (χ4v) is 1.82. The van der Waals surface area contributed by atoms with Gasteiger partial charge in [-0.3, -0.25) is 4.79 Å². The first-order chi connectivity index (χ1) is 8.06. The standard InChI is InChI=1S/C14H30N2O/c1-5-8-9-12(7-3)10-16-14(17)13(15)11(4)6-2/h11-13H,5-10,15H2,1-4H3,(H,16,17)/t11?,12?,13-/m0/s1. The third-order valence-corrected chi connectivity index (χ3v) is 3.67. The largest absolute Gasteiger partial charge is 0.354 e. The minimum absolute atomic E-state index is 0.00861. The van der Waals surface area contributed by atoms with E-state index in [-0.39, 0.29) is 17.9 Å². The second kappa shape index (κ2) is 9.46. The fourth-order valence-electron chi connectivity index (χ4n) is 1.82. The number of hydrogen-bond acceptors (Lipinski definition) is 2. The molecule has 17 heavy (non-hydrogen) atoms. The molecule has 0 aromatic rings. The van der Waals surface area contributed by atoms with E-state index in [4.69, 9.17) is 5.73 Å². The summed E-state index contributed by atoms with van der Waals surface area (Å²) in [6, 6.07) is -0.358. The van der Waals surface area contributed by atoms with Crippen LogP contribution in [0.15, 0.2) is 0 Å². The van der Waals surface area contributed by atoms with E-state index < -0.39 is 0 Å². The first kappa shape index (κ1) is 16.4. The third-order valence-electron chi connectivity index (χ3n) is 3.67. The van der Waals surface area contributed by atoms with E-state index in [2.05, 4.69) is 26.1 Å². The van der Waals surface area contributed by atoms with Gasteiger partial charge in [0.15, 0.2) is 0 Å². The van der Waals surface area contributed by atoms with Gasteiger partial charge in [-0.1, -0.05) is 53.4 Å². The summed E-state index contributed by atoms with van der Waals surface area (Å²) in [6.07, 6.45) is 5.73. The van der Waals surface area contributed by atoms with Crippen LogP contribution in [0, 0.1) is 11.8 Å². The quantitative estimate of drug-likeness (QED) is 0.653. The minimum Gasteiger partial charge on any atom is -0.354 e. The summed E-state index contributed by atoms with van der Waals surface area (Å²) in [5.41, 5.74) is 5.89. The zero-order valence-electron chi connectivity index (χ0n) is 12.0. The van der Waals surface area contributed by atoms with Crippen molar-refractivity contribution >= 4 is 5.91 Å². The Morgan fingerprint density at radius 1 is 1.24 bits per heavy atom. The van der Waals surface area contributed by atoms with Crippen LogP contribution in [0.4, 0.5) is 0 Å². The SMILES string of the molecule is CCCCC(CC)CNC(=O)[C@@H](N)C(C)CC. The topological polar surface area (TPSA) is 55.1 Å².